The lowest BCUT2D eigenvalue weighted by Crippen LogP contribution is -2.15. The third kappa shape index (κ3) is 4.02. The van der Waals surface area contributed by atoms with Crippen molar-refractivity contribution in [1.82, 2.24) is 4.98 Å². The van der Waals surface area contributed by atoms with Crippen LogP contribution >= 0.6 is 10.5 Å². The number of carboxylic acids is 1. The molecule has 28 heavy (non-hydrogen) atoms. The molecule has 0 fully saturated rings. The van der Waals surface area contributed by atoms with E-state index in [1.165, 1.54) is 12.1 Å². The molecule has 2 N–H and O–H groups in total. The van der Waals surface area contributed by atoms with Crippen molar-refractivity contribution in [1.29, 1.82) is 0 Å². The summed E-state index contributed by atoms with van der Waals surface area (Å²) in [6, 6.07) is 6.90. The topological polar surface area (TPSA) is 96.4 Å². The molecule has 0 aliphatic rings. The minimum atomic E-state index is -4.19. The summed E-state index contributed by atoms with van der Waals surface area (Å²) in [5.41, 5.74) is 1.20. The number of aromatic carboxylic acids is 1. The Morgan fingerprint density at radius 1 is 1.18 bits per heavy atom. The summed E-state index contributed by atoms with van der Waals surface area (Å²) in [6.07, 6.45) is 0.805. The third-order valence-corrected chi connectivity index (χ3v) is 6.95. The first-order chi connectivity index (χ1) is 13.2. The molecule has 0 saturated heterocycles. The molecule has 0 aliphatic heterocycles. The van der Waals surface area contributed by atoms with Crippen molar-refractivity contribution in [3.8, 4) is 4.90 Å². The molecule has 1 heterocycles. The molecule has 10 heteroatoms. The maximum absolute atomic E-state index is 14.0. The molecule has 2 aromatic carbocycles. The van der Waals surface area contributed by atoms with E-state index < -0.39 is 38.9 Å². The van der Waals surface area contributed by atoms with Gasteiger partial charge in [-0.05, 0) is 36.8 Å². The maximum Gasteiger partial charge on any atom is 0.338 e. The lowest BCUT2D eigenvalue weighted by molar-refractivity contribution is 0.0691. The quantitative estimate of drug-likeness (QED) is 0.578. The van der Waals surface area contributed by atoms with Gasteiger partial charge in [-0.3, -0.25) is 4.72 Å². The van der Waals surface area contributed by atoms with Crippen LogP contribution < -0.4 is 4.72 Å². The molecule has 0 aliphatic carbocycles. The van der Waals surface area contributed by atoms with E-state index in [1.54, 1.807) is 17.6 Å². The molecule has 146 valence electrons. The van der Waals surface area contributed by atoms with Gasteiger partial charge in [0.15, 0.2) is 10.3 Å². The van der Waals surface area contributed by atoms with Crippen molar-refractivity contribution in [3.63, 3.8) is 0 Å². The fourth-order valence-electron chi connectivity index (χ4n) is 2.40. The second kappa shape index (κ2) is 7.64. The van der Waals surface area contributed by atoms with Crippen LogP contribution in [-0.4, -0.2) is 24.5 Å². The number of aryl methyl sites for hydroxylation is 1. The third-order valence-electron chi connectivity index (χ3n) is 3.89. The van der Waals surface area contributed by atoms with Gasteiger partial charge in [0.25, 0.3) is 10.0 Å². The molecule has 0 bridgehead atoms. The van der Waals surface area contributed by atoms with Gasteiger partial charge in [-0.25, -0.2) is 27.0 Å². The first-order valence-electron chi connectivity index (χ1n) is 8.03. The number of anilines is 1. The van der Waals surface area contributed by atoms with E-state index >= 15 is 0 Å². The minimum Gasteiger partial charge on any atom is -0.478 e. The number of halogens is 2. The second-order valence-electron chi connectivity index (χ2n) is 5.76. The van der Waals surface area contributed by atoms with Crippen LogP contribution in [0.15, 0.2) is 52.2 Å². The highest BCUT2D eigenvalue weighted by Gasteiger charge is 2.21. The Labute approximate surface area is 162 Å². The van der Waals surface area contributed by atoms with E-state index in [0.29, 0.717) is 12.1 Å². The zero-order valence-corrected chi connectivity index (χ0v) is 16.2. The van der Waals surface area contributed by atoms with Crippen molar-refractivity contribution in [2.75, 3.05) is 4.72 Å². The molecule has 1 aromatic heterocycles. The van der Waals surface area contributed by atoms with Gasteiger partial charge in [0, 0.05) is 16.5 Å². The normalized spacial score (nSPS) is 12.0. The molecule has 1 unspecified atom stereocenters. The van der Waals surface area contributed by atoms with Crippen molar-refractivity contribution in [2.24, 2.45) is 0 Å². The Morgan fingerprint density at radius 3 is 2.43 bits per heavy atom. The molecular weight excluding hydrogens is 410 g/mol. The standard InChI is InChI=1S/C18H14F2N2O4S2/c1-2-11-9-27(10-21-11)12-3-5-13(6-4-12)28(25,26)22-17-8-15(19)14(18(23)24)7-16(17)20/h3-10,22H,2H2,1H3/p+1. The summed E-state index contributed by atoms with van der Waals surface area (Å²) in [5.74, 6) is -4.10. The van der Waals surface area contributed by atoms with Crippen LogP contribution in [-0.2, 0) is 16.4 Å². The number of nitrogens with zero attached hydrogens (tertiary/aromatic N) is 1. The monoisotopic (exact) mass is 425 g/mol. The van der Waals surface area contributed by atoms with Gasteiger partial charge >= 0.3 is 5.97 Å². The van der Waals surface area contributed by atoms with Gasteiger partial charge in [0.2, 0.25) is 5.51 Å². The van der Waals surface area contributed by atoms with Crippen LogP contribution in [0.25, 0.3) is 4.90 Å². The highest BCUT2D eigenvalue weighted by molar-refractivity contribution is 7.92. The Kier molecular flexibility index (Phi) is 5.43. The number of hydrogen-bond donors (Lipinski definition) is 2. The Hall–Kier alpha value is -2.85. The average molecular weight is 425 g/mol. The predicted molar refractivity (Wildman–Crippen MR) is 102 cm³/mol. The fraction of sp³-hybridized carbons (Fsp3) is 0.111. The van der Waals surface area contributed by atoms with E-state index in [4.69, 9.17) is 5.11 Å². The van der Waals surface area contributed by atoms with Gasteiger partial charge in [0.05, 0.1) is 21.8 Å². The highest BCUT2D eigenvalue weighted by atomic mass is 32.2. The molecule has 1 atom stereocenters. The zero-order chi connectivity index (χ0) is 20.5. The lowest BCUT2D eigenvalue weighted by Gasteiger charge is -2.10. The average Bonchev–Trinajstić information content (AvgIpc) is 3.13. The number of thiazole rings is 1. The maximum atomic E-state index is 14.0. The molecule has 3 aromatic rings. The van der Waals surface area contributed by atoms with Gasteiger partial charge in [-0.15, -0.1) is 0 Å². The van der Waals surface area contributed by atoms with Crippen molar-refractivity contribution in [3.05, 3.63) is 70.2 Å². The van der Waals surface area contributed by atoms with Crippen LogP contribution in [0, 0.1) is 11.6 Å². The van der Waals surface area contributed by atoms with Crippen LogP contribution in [0.2, 0.25) is 0 Å². The second-order valence-corrected chi connectivity index (χ2v) is 9.11. The van der Waals surface area contributed by atoms with Crippen LogP contribution in [0.3, 0.4) is 0 Å². The minimum absolute atomic E-state index is 0.141. The summed E-state index contributed by atoms with van der Waals surface area (Å²) in [5, 5.41) is 10.8. The number of benzene rings is 2. The predicted octanol–water partition coefficient (Wildman–Crippen LogP) is 4.16. The number of hydrogen-bond acceptors (Lipinski definition) is 4. The van der Waals surface area contributed by atoms with Crippen molar-refractivity contribution in [2.45, 2.75) is 18.2 Å². The van der Waals surface area contributed by atoms with E-state index in [9.17, 15) is 22.0 Å². The summed E-state index contributed by atoms with van der Waals surface area (Å²) >= 11 is 0. The fourth-order valence-corrected chi connectivity index (χ4v) is 5.00. The number of carboxylic acid groups (broad SMARTS) is 1. The molecule has 0 radical (unpaired) electrons. The summed E-state index contributed by atoms with van der Waals surface area (Å²) in [7, 11) is -4.53. The van der Waals surface area contributed by atoms with Crippen LogP contribution in [0.1, 0.15) is 23.0 Å². The van der Waals surface area contributed by atoms with Crippen LogP contribution in [0.5, 0.6) is 0 Å². The van der Waals surface area contributed by atoms with E-state index in [-0.39, 0.29) is 15.4 Å². The number of sulfonamides is 1. The van der Waals surface area contributed by atoms with E-state index in [2.05, 4.69) is 4.98 Å². The highest BCUT2D eigenvalue weighted by Crippen LogP contribution is 2.32. The van der Waals surface area contributed by atoms with Gasteiger partial charge in [-0.1, -0.05) is 6.92 Å². The molecule has 3 rings (SSSR count). The van der Waals surface area contributed by atoms with Crippen LogP contribution in [0.4, 0.5) is 14.5 Å². The SMILES string of the molecule is CCc1c[s+](-c2ccc(S(=O)(=O)Nc3cc(F)c(C(=O)O)cc3F)cc2)cn1. The number of rotatable bonds is 6. The molecule has 0 spiro atoms. The molecule has 6 nitrogen and oxygen atoms in total. The molecular formula is C18H15F2N2O4S2+. The smallest absolute Gasteiger partial charge is 0.338 e. The lowest BCUT2D eigenvalue weighted by atomic mass is 10.2. The number of aromatic nitrogens is 1. The summed E-state index contributed by atoms with van der Waals surface area (Å²) in [6.45, 7) is 1.99. The van der Waals surface area contributed by atoms with E-state index in [0.717, 1.165) is 17.0 Å². The van der Waals surface area contributed by atoms with E-state index in [1.807, 2.05) is 17.0 Å². The first-order valence-corrected chi connectivity index (χ1v) is 10.9. The summed E-state index contributed by atoms with van der Waals surface area (Å²) in [4.78, 5) is 15.8. The Morgan fingerprint density at radius 2 is 1.86 bits per heavy atom. The van der Waals surface area contributed by atoms with Gasteiger partial charge in [0.1, 0.15) is 11.6 Å². The van der Waals surface area contributed by atoms with Gasteiger partial charge in [-0.2, -0.15) is 0 Å². The molecule has 0 amide bonds. The van der Waals surface area contributed by atoms with Gasteiger partial charge < -0.3 is 5.11 Å². The number of carbonyl (C=O) groups is 1. The largest absolute Gasteiger partial charge is 0.478 e. The first kappa shape index (κ1) is 19.9. The van der Waals surface area contributed by atoms with Crippen molar-refractivity contribution < 1.29 is 27.1 Å². The Balaban J connectivity index is 1.87. The van der Waals surface area contributed by atoms with Crippen molar-refractivity contribution >= 4 is 32.1 Å². The molecule has 0 saturated carbocycles. The number of nitrogens with one attached hydrogen (secondary N) is 1. The summed E-state index contributed by atoms with van der Waals surface area (Å²) < 4.78 is 54.6. The zero-order valence-electron chi connectivity index (χ0n) is 14.5. The Bertz CT molecular complexity index is 1140.